The van der Waals surface area contributed by atoms with Gasteiger partial charge in [-0.1, -0.05) is 0 Å². The summed E-state index contributed by atoms with van der Waals surface area (Å²) in [6.07, 6.45) is 3.72. The third-order valence-electron chi connectivity index (χ3n) is 3.36. The summed E-state index contributed by atoms with van der Waals surface area (Å²) in [5.74, 6) is 0. The van der Waals surface area contributed by atoms with Gasteiger partial charge in [0.2, 0.25) is 0 Å². The van der Waals surface area contributed by atoms with E-state index >= 15 is 0 Å². The van der Waals surface area contributed by atoms with Crippen molar-refractivity contribution in [1.82, 2.24) is 14.5 Å². The molecule has 1 aromatic rings. The average molecular weight is 248 g/mol. The van der Waals surface area contributed by atoms with Gasteiger partial charge in [0.1, 0.15) is 11.6 Å². The first-order valence-corrected chi connectivity index (χ1v) is 6.09. The Morgan fingerprint density at radius 3 is 2.72 bits per heavy atom. The molecular weight excluding hydrogens is 232 g/mol. The first kappa shape index (κ1) is 12.6. The lowest BCUT2D eigenvalue weighted by molar-refractivity contribution is 0.233. The molecule has 6 nitrogen and oxygen atoms in total. The summed E-state index contributed by atoms with van der Waals surface area (Å²) in [7, 11) is 0. The predicted molar refractivity (Wildman–Crippen MR) is 66.3 cm³/mol. The Morgan fingerprint density at radius 2 is 2.11 bits per heavy atom. The van der Waals surface area contributed by atoms with Gasteiger partial charge in [0.25, 0.3) is 5.56 Å². The fourth-order valence-electron chi connectivity index (χ4n) is 2.31. The number of hydrogen-bond acceptors (Lipinski definition) is 4. The van der Waals surface area contributed by atoms with Crippen molar-refractivity contribution >= 4 is 0 Å². The number of nitriles is 1. The Morgan fingerprint density at radius 1 is 1.44 bits per heavy atom. The first-order valence-electron chi connectivity index (χ1n) is 6.09. The van der Waals surface area contributed by atoms with E-state index in [1.54, 1.807) is 6.07 Å². The van der Waals surface area contributed by atoms with Crippen LogP contribution in [0.4, 0.5) is 0 Å². The topological polar surface area (TPSA) is 81.9 Å². The molecule has 18 heavy (non-hydrogen) atoms. The van der Waals surface area contributed by atoms with Gasteiger partial charge in [-0.2, -0.15) is 5.26 Å². The zero-order valence-electron chi connectivity index (χ0n) is 10.3. The van der Waals surface area contributed by atoms with Gasteiger partial charge >= 0.3 is 5.69 Å². The molecule has 1 fully saturated rings. The van der Waals surface area contributed by atoms with Crippen LogP contribution < -0.4 is 11.2 Å². The Labute approximate surface area is 104 Å². The van der Waals surface area contributed by atoms with Crippen molar-refractivity contribution in [3.05, 3.63) is 32.6 Å². The number of likely N-dealkylation sites (tertiary alicyclic amines) is 1. The molecule has 0 aromatic carbocycles. The van der Waals surface area contributed by atoms with Crippen LogP contribution in [0.25, 0.3) is 0 Å². The summed E-state index contributed by atoms with van der Waals surface area (Å²) in [6.45, 7) is 4.63. The molecule has 1 saturated heterocycles. The number of H-pyrrole nitrogens is 1. The summed E-state index contributed by atoms with van der Waals surface area (Å²) >= 11 is 0. The molecule has 0 saturated carbocycles. The van der Waals surface area contributed by atoms with E-state index in [-0.39, 0.29) is 11.6 Å². The molecular formula is C12H16N4O2. The van der Waals surface area contributed by atoms with Crippen molar-refractivity contribution in [2.75, 3.05) is 13.1 Å². The SMILES string of the molecule is CC(Cn1cc(C#N)c(=O)[nH]c1=O)N1CCCC1. The van der Waals surface area contributed by atoms with Crippen LogP contribution in [0.5, 0.6) is 0 Å². The predicted octanol–water partition coefficient (Wildman–Crippen LogP) is -0.107. The first-order chi connectivity index (χ1) is 8.61. The zero-order chi connectivity index (χ0) is 13.1. The van der Waals surface area contributed by atoms with Crippen LogP contribution in [0.1, 0.15) is 25.3 Å². The van der Waals surface area contributed by atoms with Gasteiger partial charge in [0.15, 0.2) is 0 Å². The second kappa shape index (κ2) is 5.19. The number of nitrogens with zero attached hydrogens (tertiary/aromatic N) is 3. The van der Waals surface area contributed by atoms with Crippen LogP contribution in [0, 0.1) is 11.3 Å². The number of hydrogen-bond donors (Lipinski definition) is 1. The van der Waals surface area contributed by atoms with Gasteiger partial charge in [0.05, 0.1) is 0 Å². The van der Waals surface area contributed by atoms with E-state index in [0.29, 0.717) is 6.54 Å². The fraction of sp³-hybridized carbons (Fsp3) is 0.583. The van der Waals surface area contributed by atoms with Gasteiger partial charge < -0.3 is 0 Å². The minimum Gasteiger partial charge on any atom is -0.299 e. The van der Waals surface area contributed by atoms with E-state index in [1.807, 2.05) is 0 Å². The van der Waals surface area contributed by atoms with Crippen molar-refractivity contribution < 1.29 is 0 Å². The monoisotopic (exact) mass is 248 g/mol. The minimum absolute atomic E-state index is 0.0248. The highest BCUT2D eigenvalue weighted by atomic mass is 16.2. The molecule has 0 radical (unpaired) electrons. The van der Waals surface area contributed by atoms with E-state index in [0.717, 1.165) is 13.1 Å². The summed E-state index contributed by atoms with van der Waals surface area (Å²) in [5, 5.41) is 8.78. The molecule has 96 valence electrons. The van der Waals surface area contributed by atoms with Crippen molar-refractivity contribution in [1.29, 1.82) is 5.26 Å². The molecule has 1 N–H and O–H groups in total. The maximum Gasteiger partial charge on any atom is 0.328 e. The highest BCUT2D eigenvalue weighted by Crippen LogP contribution is 2.12. The molecule has 0 amide bonds. The van der Waals surface area contributed by atoms with Gasteiger partial charge in [-0.15, -0.1) is 0 Å². The normalized spacial score (nSPS) is 17.6. The molecule has 2 heterocycles. The van der Waals surface area contributed by atoms with Crippen LogP contribution in [-0.4, -0.2) is 33.6 Å². The second-order valence-electron chi connectivity index (χ2n) is 4.66. The quantitative estimate of drug-likeness (QED) is 0.809. The highest BCUT2D eigenvalue weighted by molar-refractivity contribution is 5.21. The van der Waals surface area contributed by atoms with Crippen molar-refractivity contribution in [3.8, 4) is 6.07 Å². The Balaban J connectivity index is 2.21. The van der Waals surface area contributed by atoms with Crippen molar-refractivity contribution in [2.45, 2.75) is 32.4 Å². The molecule has 1 aliphatic heterocycles. The van der Waals surface area contributed by atoms with Gasteiger partial charge in [-0.3, -0.25) is 19.2 Å². The molecule has 0 bridgehead atoms. The fourth-order valence-corrected chi connectivity index (χ4v) is 2.31. The van der Waals surface area contributed by atoms with Crippen molar-refractivity contribution in [3.63, 3.8) is 0 Å². The maximum absolute atomic E-state index is 11.6. The Hall–Kier alpha value is -1.87. The van der Waals surface area contributed by atoms with E-state index in [4.69, 9.17) is 5.26 Å². The lowest BCUT2D eigenvalue weighted by Crippen LogP contribution is -2.39. The highest BCUT2D eigenvalue weighted by Gasteiger charge is 2.18. The van der Waals surface area contributed by atoms with Crippen LogP contribution >= 0.6 is 0 Å². The molecule has 6 heteroatoms. The smallest absolute Gasteiger partial charge is 0.299 e. The van der Waals surface area contributed by atoms with Gasteiger partial charge in [0, 0.05) is 18.8 Å². The lowest BCUT2D eigenvalue weighted by Gasteiger charge is -2.24. The molecule has 2 rings (SSSR count). The number of nitrogens with one attached hydrogen (secondary N) is 1. The second-order valence-corrected chi connectivity index (χ2v) is 4.66. The number of aromatic nitrogens is 2. The summed E-state index contributed by atoms with van der Waals surface area (Å²) in [5.41, 5.74) is -1.10. The average Bonchev–Trinajstić information content (AvgIpc) is 2.86. The number of rotatable bonds is 3. The molecule has 1 aromatic heterocycles. The Kier molecular flexibility index (Phi) is 3.63. The molecule has 1 aliphatic rings. The van der Waals surface area contributed by atoms with Crippen molar-refractivity contribution in [2.24, 2.45) is 0 Å². The lowest BCUT2D eigenvalue weighted by atomic mass is 10.3. The third-order valence-corrected chi connectivity index (χ3v) is 3.36. The van der Waals surface area contributed by atoms with Crippen LogP contribution in [0.2, 0.25) is 0 Å². The van der Waals surface area contributed by atoms with Crippen LogP contribution in [0.15, 0.2) is 15.8 Å². The summed E-state index contributed by atoms with van der Waals surface area (Å²) in [6, 6.07) is 2.01. The van der Waals surface area contributed by atoms with Crippen LogP contribution in [0.3, 0.4) is 0 Å². The standard InChI is InChI=1S/C12H16N4O2/c1-9(15-4-2-3-5-15)7-16-8-10(6-13)11(17)14-12(16)18/h8-9H,2-5,7H2,1H3,(H,14,17,18). The van der Waals surface area contributed by atoms with Crippen LogP contribution in [-0.2, 0) is 6.54 Å². The molecule has 1 unspecified atom stereocenters. The number of aromatic amines is 1. The summed E-state index contributed by atoms with van der Waals surface area (Å²) in [4.78, 5) is 27.4. The molecule has 0 aliphatic carbocycles. The van der Waals surface area contributed by atoms with E-state index in [9.17, 15) is 9.59 Å². The zero-order valence-corrected chi connectivity index (χ0v) is 10.3. The largest absolute Gasteiger partial charge is 0.328 e. The molecule has 1 atom stereocenters. The van der Waals surface area contributed by atoms with Gasteiger partial charge in [-0.05, 0) is 32.9 Å². The summed E-state index contributed by atoms with van der Waals surface area (Å²) < 4.78 is 1.41. The maximum atomic E-state index is 11.6. The third kappa shape index (κ3) is 2.51. The van der Waals surface area contributed by atoms with Gasteiger partial charge in [-0.25, -0.2) is 4.79 Å². The van der Waals surface area contributed by atoms with E-state index in [2.05, 4.69) is 16.8 Å². The molecule has 0 spiro atoms. The minimum atomic E-state index is -0.618. The van der Waals surface area contributed by atoms with E-state index < -0.39 is 11.2 Å². The Bertz CT molecular complexity index is 575. The van der Waals surface area contributed by atoms with E-state index in [1.165, 1.54) is 23.6 Å².